The molecular weight excluding hydrogens is 192 g/mol. The van der Waals surface area contributed by atoms with Crippen molar-refractivity contribution in [2.75, 3.05) is 13.6 Å². The average molecular weight is 206 g/mol. The molecule has 1 saturated heterocycles. The molecule has 0 aromatic carbocycles. The lowest BCUT2D eigenvalue weighted by Crippen LogP contribution is -2.20. The SMILES string of the molecule is CN1C[C@H](C(=O)O)C[C@H]1c1cccnc1. The minimum atomic E-state index is -0.701. The van der Waals surface area contributed by atoms with E-state index >= 15 is 0 Å². The van der Waals surface area contributed by atoms with Gasteiger partial charge < -0.3 is 5.11 Å². The van der Waals surface area contributed by atoms with E-state index in [0.29, 0.717) is 13.0 Å². The highest BCUT2D eigenvalue weighted by Gasteiger charge is 2.34. The van der Waals surface area contributed by atoms with Gasteiger partial charge in [0.2, 0.25) is 0 Å². The number of likely N-dealkylation sites (tertiary alicyclic amines) is 1. The molecule has 1 aromatic heterocycles. The Morgan fingerprint density at radius 2 is 2.47 bits per heavy atom. The molecule has 0 bridgehead atoms. The number of aromatic nitrogens is 1. The number of carboxylic acids is 1. The van der Waals surface area contributed by atoms with Crippen LogP contribution in [-0.2, 0) is 4.79 Å². The van der Waals surface area contributed by atoms with Crippen LogP contribution in [0.4, 0.5) is 0 Å². The summed E-state index contributed by atoms with van der Waals surface area (Å²) >= 11 is 0. The topological polar surface area (TPSA) is 53.4 Å². The van der Waals surface area contributed by atoms with E-state index in [4.69, 9.17) is 5.11 Å². The molecule has 2 atom stereocenters. The van der Waals surface area contributed by atoms with Crippen LogP contribution in [0.3, 0.4) is 0 Å². The summed E-state index contributed by atoms with van der Waals surface area (Å²) in [6.45, 7) is 0.620. The van der Waals surface area contributed by atoms with Crippen molar-refractivity contribution < 1.29 is 9.90 Å². The second kappa shape index (κ2) is 3.98. The molecule has 15 heavy (non-hydrogen) atoms. The summed E-state index contributed by atoms with van der Waals surface area (Å²) in [4.78, 5) is 17.0. The fourth-order valence-corrected chi connectivity index (χ4v) is 2.14. The Balaban J connectivity index is 2.15. The summed E-state index contributed by atoms with van der Waals surface area (Å²) in [5.41, 5.74) is 1.10. The Labute approximate surface area is 88.6 Å². The quantitative estimate of drug-likeness (QED) is 0.789. The third kappa shape index (κ3) is 1.99. The van der Waals surface area contributed by atoms with Crippen molar-refractivity contribution >= 4 is 5.97 Å². The van der Waals surface area contributed by atoms with Gasteiger partial charge in [0.25, 0.3) is 0 Å². The lowest BCUT2D eigenvalue weighted by atomic mass is 10.0. The lowest BCUT2D eigenvalue weighted by Gasteiger charge is -2.18. The molecule has 1 aliphatic rings. The molecule has 1 N–H and O–H groups in total. The number of nitrogens with zero attached hydrogens (tertiary/aromatic N) is 2. The molecule has 4 heteroatoms. The first-order valence-corrected chi connectivity index (χ1v) is 5.01. The Morgan fingerprint density at radius 3 is 3.00 bits per heavy atom. The minimum Gasteiger partial charge on any atom is -0.481 e. The number of carboxylic acid groups (broad SMARTS) is 1. The van der Waals surface area contributed by atoms with Crippen LogP contribution in [0.2, 0.25) is 0 Å². The predicted octanol–water partition coefficient (Wildman–Crippen LogP) is 1.16. The number of hydrogen-bond acceptors (Lipinski definition) is 3. The molecule has 1 aromatic rings. The zero-order valence-corrected chi connectivity index (χ0v) is 8.63. The molecule has 0 saturated carbocycles. The molecule has 0 radical (unpaired) electrons. The summed E-state index contributed by atoms with van der Waals surface area (Å²) in [6, 6.07) is 4.08. The Morgan fingerprint density at radius 1 is 1.67 bits per heavy atom. The summed E-state index contributed by atoms with van der Waals surface area (Å²) in [6.07, 6.45) is 4.22. The zero-order chi connectivity index (χ0) is 10.8. The van der Waals surface area contributed by atoms with Gasteiger partial charge >= 0.3 is 5.97 Å². The van der Waals surface area contributed by atoms with E-state index in [0.717, 1.165) is 5.56 Å². The van der Waals surface area contributed by atoms with E-state index < -0.39 is 5.97 Å². The monoisotopic (exact) mass is 206 g/mol. The molecule has 1 aliphatic heterocycles. The molecular formula is C11H14N2O2. The second-order valence-electron chi connectivity index (χ2n) is 4.01. The summed E-state index contributed by atoms with van der Waals surface area (Å²) in [7, 11) is 1.96. The molecule has 80 valence electrons. The summed E-state index contributed by atoms with van der Waals surface area (Å²) < 4.78 is 0. The Kier molecular flexibility index (Phi) is 2.68. The van der Waals surface area contributed by atoms with E-state index in [2.05, 4.69) is 9.88 Å². The van der Waals surface area contributed by atoms with Gasteiger partial charge in [-0.3, -0.25) is 14.7 Å². The first-order valence-electron chi connectivity index (χ1n) is 5.01. The van der Waals surface area contributed by atoms with Crippen molar-refractivity contribution in [3.8, 4) is 0 Å². The first-order chi connectivity index (χ1) is 7.18. The van der Waals surface area contributed by atoms with Gasteiger partial charge in [-0.1, -0.05) is 6.07 Å². The van der Waals surface area contributed by atoms with Gasteiger partial charge in [-0.25, -0.2) is 0 Å². The highest BCUT2D eigenvalue weighted by atomic mass is 16.4. The molecule has 0 amide bonds. The fraction of sp³-hybridized carbons (Fsp3) is 0.455. The molecule has 0 unspecified atom stereocenters. The van der Waals surface area contributed by atoms with Crippen LogP contribution < -0.4 is 0 Å². The number of carbonyl (C=O) groups is 1. The van der Waals surface area contributed by atoms with Crippen LogP contribution in [0, 0.1) is 5.92 Å². The maximum Gasteiger partial charge on any atom is 0.307 e. The standard InChI is InChI=1S/C11H14N2O2/c1-13-7-9(11(14)15)5-10(13)8-3-2-4-12-6-8/h2-4,6,9-10H,5,7H2,1H3,(H,14,15)/t9-,10+/m1/s1. The predicted molar refractivity (Wildman–Crippen MR) is 55.4 cm³/mol. The van der Waals surface area contributed by atoms with Crippen LogP contribution >= 0.6 is 0 Å². The van der Waals surface area contributed by atoms with Crippen molar-refractivity contribution in [1.29, 1.82) is 0 Å². The Bertz CT molecular complexity index is 353. The van der Waals surface area contributed by atoms with Crippen LogP contribution in [-0.4, -0.2) is 34.6 Å². The molecule has 1 fully saturated rings. The number of rotatable bonds is 2. The third-order valence-electron chi connectivity index (χ3n) is 2.97. The Hall–Kier alpha value is -1.42. The highest BCUT2D eigenvalue weighted by Crippen LogP contribution is 2.33. The molecule has 0 aliphatic carbocycles. The van der Waals surface area contributed by atoms with Gasteiger partial charge in [0.15, 0.2) is 0 Å². The maximum atomic E-state index is 10.9. The highest BCUT2D eigenvalue weighted by molar-refractivity contribution is 5.70. The fourth-order valence-electron chi connectivity index (χ4n) is 2.14. The van der Waals surface area contributed by atoms with Crippen molar-refractivity contribution in [1.82, 2.24) is 9.88 Å². The molecule has 2 heterocycles. The van der Waals surface area contributed by atoms with Gasteiger partial charge in [-0.15, -0.1) is 0 Å². The smallest absolute Gasteiger partial charge is 0.307 e. The van der Waals surface area contributed by atoms with Gasteiger partial charge in [-0.2, -0.15) is 0 Å². The van der Waals surface area contributed by atoms with E-state index in [-0.39, 0.29) is 12.0 Å². The number of aliphatic carboxylic acids is 1. The van der Waals surface area contributed by atoms with E-state index in [1.165, 1.54) is 0 Å². The molecule has 0 spiro atoms. The van der Waals surface area contributed by atoms with E-state index in [1.807, 2.05) is 25.4 Å². The van der Waals surface area contributed by atoms with Gasteiger partial charge in [0.1, 0.15) is 0 Å². The largest absolute Gasteiger partial charge is 0.481 e. The van der Waals surface area contributed by atoms with E-state index in [1.54, 1.807) is 6.20 Å². The van der Waals surface area contributed by atoms with Crippen LogP contribution in [0.15, 0.2) is 24.5 Å². The number of pyridine rings is 1. The normalized spacial score (nSPS) is 26.7. The molecule has 2 rings (SSSR count). The average Bonchev–Trinajstić information content (AvgIpc) is 2.62. The van der Waals surface area contributed by atoms with E-state index in [9.17, 15) is 4.79 Å². The lowest BCUT2D eigenvalue weighted by molar-refractivity contribution is -0.141. The van der Waals surface area contributed by atoms with Crippen molar-refractivity contribution in [3.63, 3.8) is 0 Å². The minimum absolute atomic E-state index is 0.194. The first kappa shape index (κ1) is 10.1. The second-order valence-corrected chi connectivity index (χ2v) is 4.01. The van der Waals surface area contributed by atoms with Crippen molar-refractivity contribution in [3.05, 3.63) is 30.1 Å². The van der Waals surface area contributed by atoms with Crippen LogP contribution in [0.5, 0.6) is 0 Å². The molecule has 4 nitrogen and oxygen atoms in total. The maximum absolute atomic E-state index is 10.9. The zero-order valence-electron chi connectivity index (χ0n) is 8.63. The summed E-state index contributed by atoms with van der Waals surface area (Å²) in [5.74, 6) is -0.951. The summed E-state index contributed by atoms with van der Waals surface area (Å²) in [5, 5.41) is 8.95. The van der Waals surface area contributed by atoms with Gasteiger partial charge in [-0.05, 0) is 25.1 Å². The number of hydrogen-bond donors (Lipinski definition) is 1. The van der Waals surface area contributed by atoms with Gasteiger partial charge in [0, 0.05) is 25.0 Å². The van der Waals surface area contributed by atoms with Crippen LogP contribution in [0.1, 0.15) is 18.0 Å². The van der Waals surface area contributed by atoms with Crippen molar-refractivity contribution in [2.45, 2.75) is 12.5 Å². The van der Waals surface area contributed by atoms with Crippen molar-refractivity contribution in [2.24, 2.45) is 5.92 Å². The van der Waals surface area contributed by atoms with Gasteiger partial charge in [0.05, 0.1) is 5.92 Å². The van der Waals surface area contributed by atoms with Crippen LogP contribution in [0.25, 0.3) is 0 Å². The third-order valence-corrected chi connectivity index (χ3v) is 2.97.